The molecular formula is C16H13ClF2N4O3. The Kier molecular flexibility index (Phi) is 4.90. The van der Waals surface area contributed by atoms with Gasteiger partial charge in [-0.3, -0.25) is 0 Å². The first kappa shape index (κ1) is 17.9. The van der Waals surface area contributed by atoms with E-state index in [1.807, 2.05) is 0 Å². The van der Waals surface area contributed by atoms with Crippen LogP contribution in [0.25, 0.3) is 5.69 Å². The van der Waals surface area contributed by atoms with E-state index in [9.17, 15) is 18.7 Å². The number of hydrogen-bond donors (Lipinski definition) is 1. The summed E-state index contributed by atoms with van der Waals surface area (Å²) < 4.78 is 34.3. The van der Waals surface area contributed by atoms with E-state index in [1.54, 1.807) is 0 Å². The zero-order valence-electron chi connectivity index (χ0n) is 13.4. The van der Waals surface area contributed by atoms with Crippen molar-refractivity contribution < 1.29 is 18.6 Å². The highest BCUT2D eigenvalue weighted by Crippen LogP contribution is 2.31. The van der Waals surface area contributed by atoms with Gasteiger partial charge in [-0.2, -0.15) is 9.36 Å². The van der Waals surface area contributed by atoms with Crippen molar-refractivity contribution in [2.24, 2.45) is 7.05 Å². The summed E-state index contributed by atoms with van der Waals surface area (Å²) in [6.45, 7) is -0.288. The Labute approximate surface area is 151 Å². The van der Waals surface area contributed by atoms with Crippen molar-refractivity contribution >= 4 is 11.6 Å². The fourth-order valence-corrected chi connectivity index (χ4v) is 2.60. The van der Waals surface area contributed by atoms with E-state index in [1.165, 1.54) is 43.4 Å². The van der Waals surface area contributed by atoms with Gasteiger partial charge in [-0.25, -0.2) is 13.6 Å². The SMILES string of the molecule is Cn1nnn(-c2cccc(C(F)F)c2COc2ccc(O)cc2Cl)c1=O. The molecule has 2 aromatic carbocycles. The van der Waals surface area contributed by atoms with Gasteiger partial charge in [0.2, 0.25) is 0 Å². The zero-order valence-corrected chi connectivity index (χ0v) is 14.2. The average Bonchev–Trinajstić information content (AvgIpc) is 2.93. The number of phenols is 1. The molecule has 10 heteroatoms. The monoisotopic (exact) mass is 382 g/mol. The van der Waals surface area contributed by atoms with Crippen LogP contribution >= 0.6 is 11.6 Å². The molecule has 0 bridgehead atoms. The highest BCUT2D eigenvalue weighted by atomic mass is 35.5. The molecule has 0 aliphatic heterocycles. The number of phenolic OH excluding ortho intramolecular Hbond substituents is 1. The van der Waals surface area contributed by atoms with E-state index < -0.39 is 12.1 Å². The molecule has 1 heterocycles. The number of rotatable bonds is 5. The summed E-state index contributed by atoms with van der Waals surface area (Å²) in [6, 6.07) is 8.15. The van der Waals surface area contributed by atoms with E-state index in [4.69, 9.17) is 16.3 Å². The van der Waals surface area contributed by atoms with Crippen molar-refractivity contribution in [1.29, 1.82) is 0 Å². The minimum atomic E-state index is -2.78. The minimum absolute atomic E-state index is 0.0536. The molecule has 3 aromatic rings. The van der Waals surface area contributed by atoms with Crippen molar-refractivity contribution in [2.45, 2.75) is 13.0 Å². The molecule has 7 nitrogen and oxygen atoms in total. The van der Waals surface area contributed by atoms with Gasteiger partial charge in [-0.05, 0) is 28.6 Å². The van der Waals surface area contributed by atoms with E-state index in [0.717, 1.165) is 9.36 Å². The predicted octanol–water partition coefficient (Wildman–Crippen LogP) is 2.84. The minimum Gasteiger partial charge on any atom is -0.508 e. The molecular weight excluding hydrogens is 370 g/mol. The number of halogens is 3. The Balaban J connectivity index is 2.04. The Bertz CT molecular complexity index is 1000. The molecule has 26 heavy (non-hydrogen) atoms. The molecule has 0 saturated carbocycles. The number of aryl methyl sites for hydroxylation is 1. The third-order valence-electron chi connectivity index (χ3n) is 3.66. The standard InChI is InChI=1S/C16H13ClF2N4O3/c1-22-16(25)23(21-20-22)13-4-2-3-10(15(18)19)11(13)8-26-14-6-5-9(24)7-12(14)17/h2-7,15,24H,8H2,1H3. The third kappa shape index (κ3) is 3.38. The smallest absolute Gasteiger partial charge is 0.368 e. The second-order valence-electron chi connectivity index (χ2n) is 5.35. The third-order valence-corrected chi connectivity index (χ3v) is 3.96. The maximum atomic E-state index is 13.4. The Hall–Kier alpha value is -2.94. The first-order chi connectivity index (χ1) is 12.4. The van der Waals surface area contributed by atoms with Gasteiger partial charge in [0.05, 0.1) is 10.7 Å². The summed E-state index contributed by atoms with van der Waals surface area (Å²) in [4.78, 5) is 12.1. The van der Waals surface area contributed by atoms with Gasteiger partial charge >= 0.3 is 5.69 Å². The van der Waals surface area contributed by atoms with Crippen LogP contribution in [0.15, 0.2) is 41.2 Å². The highest BCUT2D eigenvalue weighted by Gasteiger charge is 2.20. The average molecular weight is 383 g/mol. The molecule has 136 valence electrons. The summed E-state index contributed by atoms with van der Waals surface area (Å²) in [5.74, 6) is 0.146. The van der Waals surface area contributed by atoms with Gasteiger partial charge in [-0.1, -0.05) is 23.7 Å². The van der Waals surface area contributed by atoms with Crippen LogP contribution in [0.5, 0.6) is 11.5 Å². The topological polar surface area (TPSA) is 82.2 Å². The van der Waals surface area contributed by atoms with Crippen LogP contribution in [0.3, 0.4) is 0 Å². The second kappa shape index (κ2) is 7.12. The van der Waals surface area contributed by atoms with E-state index in [0.29, 0.717) is 0 Å². The quantitative estimate of drug-likeness (QED) is 0.733. The fourth-order valence-electron chi connectivity index (χ4n) is 2.37. The highest BCUT2D eigenvalue weighted by molar-refractivity contribution is 6.32. The summed E-state index contributed by atoms with van der Waals surface area (Å²) >= 11 is 5.97. The number of aromatic hydroxyl groups is 1. The molecule has 3 rings (SSSR count). The molecule has 0 aliphatic carbocycles. The van der Waals surface area contributed by atoms with Crippen LogP contribution in [0.1, 0.15) is 17.6 Å². The van der Waals surface area contributed by atoms with Gasteiger partial charge in [0, 0.05) is 24.2 Å². The Morgan fingerprint density at radius 3 is 2.65 bits per heavy atom. The zero-order chi connectivity index (χ0) is 18.8. The molecule has 0 aliphatic rings. The second-order valence-corrected chi connectivity index (χ2v) is 5.75. The molecule has 0 amide bonds. The number of aromatic nitrogens is 4. The number of alkyl halides is 2. The lowest BCUT2D eigenvalue weighted by Crippen LogP contribution is -2.23. The van der Waals surface area contributed by atoms with E-state index >= 15 is 0 Å². The maximum Gasteiger partial charge on any atom is 0.368 e. The molecule has 0 fully saturated rings. The lowest BCUT2D eigenvalue weighted by Gasteiger charge is -2.15. The van der Waals surface area contributed by atoms with Crippen LogP contribution < -0.4 is 10.4 Å². The maximum absolute atomic E-state index is 13.4. The van der Waals surface area contributed by atoms with Gasteiger partial charge in [-0.15, -0.1) is 0 Å². The Morgan fingerprint density at radius 2 is 2.04 bits per heavy atom. The molecule has 0 radical (unpaired) electrons. The van der Waals surface area contributed by atoms with Crippen LogP contribution in [0.2, 0.25) is 5.02 Å². The Morgan fingerprint density at radius 1 is 1.27 bits per heavy atom. The van der Waals surface area contributed by atoms with Crippen LogP contribution in [-0.2, 0) is 13.7 Å². The number of ether oxygens (including phenoxy) is 1. The van der Waals surface area contributed by atoms with Gasteiger partial charge in [0.1, 0.15) is 18.1 Å². The number of tetrazole rings is 1. The van der Waals surface area contributed by atoms with Crippen molar-refractivity contribution in [3.63, 3.8) is 0 Å². The van der Waals surface area contributed by atoms with Crippen LogP contribution in [0.4, 0.5) is 8.78 Å². The molecule has 0 saturated heterocycles. The largest absolute Gasteiger partial charge is 0.508 e. The van der Waals surface area contributed by atoms with Gasteiger partial charge in [0.15, 0.2) is 0 Å². The number of benzene rings is 2. The molecule has 1 aromatic heterocycles. The molecule has 0 spiro atoms. The first-order valence-corrected chi connectivity index (χ1v) is 7.77. The lowest BCUT2D eigenvalue weighted by atomic mass is 10.1. The molecule has 0 unspecified atom stereocenters. The van der Waals surface area contributed by atoms with Crippen molar-refractivity contribution in [3.8, 4) is 17.2 Å². The predicted molar refractivity (Wildman–Crippen MR) is 89.0 cm³/mol. The lowest BCUT2D eigenvalue weighted by molar-refractivity contribution is 0.148. The first-order valence-electron chi connectivity index (χ1n) is 7.39. The summed E-state index contributed by atoms with van der Waals surface area (Å²) in [5, 5.41) is 16.8. The van der Waals surface area contributed by atoms with Gasteiger partial charge < -0.3 is 9.84 Å². The summed E-state index contributed by atoms with van der Waals surface area (Å²) in [5.41, 5.74) is -0.666. The molecule has 0 atom stereocenters. The van der Waals surface area contributed by atoms with Crippen molar-refractivity contribution in [3.05, 3.63) is 63.0 Å². The van der Waals surface area contributed by atoms with Crippen molar-refractivity contribution in [2.75, 3.05) is 0 Å². The van der Waals surface area contributed by atoms with Crippen molar-refractivity contribution in [1.82, 2.24) is 19.8 Å². The number of nitrogens with zero attached hydrogens (tertiary/aromatic N) is 4. The fraction of sp³-hybridized carbons (Fsp3) is 0.188. The van der Waals surface area contributed by atoms with Gasteiger partial charge in [0.25, 0.3) is 6.43 Å². The summed E-state index contributed by atoms with van der Waals surface area (Å²) in [6.07, 6.45) is -2.78. The number of hydrogen-bond acceptors (Lipinski definition) is 5. The van der Waals surface area contributed by atoms with Crippen LogP contribution in [0, 0.1) is 0 Å². The van der Waals surface area contributed by atoms with Crippen LogP contribution in [-0.4, -0.2) is 24.9 Å². The van der Waals surface area contributed by atoms with E-state index in [2.05, 4.69) is 10.4 Å². The molecule has 1 N–H and O–H groups in total. The van der Waals surface area contributed by atoms with E-state index in [-0.39, 0.29) is 39.9 Å². The summed E-state index contributed by atoms with van der Waals surface area (Å²) in [7, 11) is 1.40. The normalized spacial score (nSPS) is 11.1.